The van der Waals surface area contributed by atoms with Crippen LogP contribution >= 0.6 is 0 Å². The molecular weight excluding hydrogens is 231 g/mol. The number of hydrogen-bond acceptors (Lipinski definition) is 3. The summed E-state index contributed by atoms with van der Waals surface area (Å²) in [6.07, 6.45) is 2.24. The molecule has 2 unspecified atom stereocenters. The van der Waals surface area contributed by atoms with E-state index in [0.717, 1.165) is 31.5 Å². The molecule has 1 aliphatic rings. The molecule has 1 saturated heterocycles. The predicted molar refractivity (Wildman–Crippen MR) is 71.2 cm³/mol. The minimum Gasteiger partial charge on any atom is -0.380 e. The Labute approximate surface area is 108 Å². The van der Waals surface area contributed by atoms with Crippen LogP contribution in [0.15, 0.2) is 18.2 Å². The van der Waals surface area contributed by atoms with E-state index >= 15 is 0 Å². The van der Waals surface area contributed by atoms with E-state index < -0.39 is 0 Å². The fourth-order valence-corrected chi connectivity index (χ4v) is 2.57. The first kappa shape index (κ1) is 13.3. The molecule has 0 aromatic heterocycles. The molecule has 1 aliphatic heterocycles. The maximum absolute atomic E-state index is 14.1. The van der Waals surface area contributed by atoms with Gasteiger partial charge in [0.25, 0.3) is 0 Å². The average molecular weight is 252 g/mol. The van der Waals surface area contributed by atoms with Crippen LogP contribution in [0, 0.1) is 5.82 Å². The molecule has 0 spiro atoms. The first-order valence-corrected chi connectivity index (χ1v) is 6.45. The molecule has 4 heteroatoms. The highest BCUT2D eigenvalue weighted by molar-refractivity contribution is 5.56. The highest BCUT2D eigenvalue weighted by atomic mass is 19.1. The van der Waals surface area contributed by atoms with Crippen LogP contribution in [0.25, 0.3) is 0 Å². The Bertz CT molecular complexity index is 409. The lowest BCUT2D eigenvalue weighted by molar-refractivity contribution is 0.0891. The van der Waals surface area contributed by atoms with Crippen LogP contribution in [0.4, 0.5) is 10.1 Å². The normalized spacial score (nSPS) is 22.0. The Hall–Kier alpha value is -1.13. The third-order valence-electron chi connectivity index (χ3n) is 3.54. The third kappa shape index (κ3) is 2.65. The Morgan fingerprint density at radius 3 is 2.94 bits per heavy atom. The second-order valence-electron chi connectivity index (χ2n) is 4.91. The lowest BCUT2D eigenvalue weighted by Crippen LogP contribution is -2.40. The third-order valence-corrected chi connectivity index (χ3v) is 3.54. The summed E-state index contributed by atoms with van der Waals surface area (Å²) in [5.41, 5.74) is 7.45. The van der Waals surface area contributed by atoms with Gasteiger partial charge >= 0.3 is 0 Å². The van der Waals surface area contributed by atoms with Gasteiger partial charge in [0.2, 0.25) is 0 Å². The second-order valence-corrected chi connectivity index (χ2v) is 4.91. The van der Waals surface area contributed by atoms with Crippen molar-refractivity contribution in [3.63, 3.8) is 0 Å². The molecule has 1 aromatic rings. The van der Waals surface area contributed by atoms with Crippen molar-refractivity contribution in [3.05, 3.63) is 29.6 Å². The van der Waals surface area contributed by atoms with E-state index in [0.29, 0.717) is 5.69 Å². The lowest BCUT2D eigenvalue weighted by Gasteiger charge is -2.35. The van der Waals surface area contributed by atoms with Crippen molar-refractivity contribution < 1.29 is 9.13 Å². The zero-order valence-electron chi connectivity index (χ0n) is 11.0. The average Bonchev–Trinajstić information content (AvgIpc) is 2.38. The summed E-state index contributed by atoms with van der Waals surface area (Å²) in [4.78, 5) is 2.06. The molecule has 0 radical (unpaired) electrons. The first-order chi connectivity index (χ1) is 8.63. The van der Waals surface area contributed by atoms with Crippen LogP contribution in [0.1, 0.15) is 31.4 Å². The zero-order chi connectivity index (χ0) is 13.1. The molecule has 1 heterocycles. The molecule has 0 aliphatic carbocycles. The molecule has 18 heavy (non-hydrogen) atoms. The van der Waals surface area contributed by atoms with Crippen molar-refractivity contribution in [1.82, 2.24) is 0 Å². The zero-order valence-corrected chi connectivity index (χ0v) is 11.0. The van der Waals surface area contributed by atoms with Crippen molar-refractivity contribution >= 4 is 5.69 Å². The summed E-state index contributed by atoms with van der Waals surface area (Å²) in [5.74, 6) is -0.193. The van der Waals surface area contributed by atoms with Gasteiger partial charge in [-0.3, -0.25) is 0 Å². The Morgan fingerprint density at radius 2 is 2.28 bits per heavy atom. The van der Waals surface area contributed by atoms with Gasteiger partial charge in [0, 0.05) is 26.2 Å². The van der Waals surface area contributed by atoms with Gasteiger partial charge in [-0.05, 0) is 31.4 Å². The van der Waals surface area contributed by atoms with Gasteiger partial charge in [-0.25, -0.2) is 4.39 Å². The summed E-state index contributed by atoms with van der Waals surface area (Å²) < 4.78 is 19.5. The molecule has 0 saturated carbocycles. The molecule has 2 N–H and O–H groups in total. The number of methoxy groups -OCH3 is 1. The van der Waals surface area contributed by atoms with E-state index in [4.69, 9.17) is 10.5 Å². The lowest BCUT2D eigenvalue weighted by atomic mass is 10.0. The van der Waals surface area contributed by atoms with Crippen LogP contribution in [-0.4, -0.2) is 26.3 Å². The van der Waals surface area contributed by atoms with Crippen LogP contribution in [0.5, 0.6) is 0 Å². The molecule has 100 valence electrons. The summed E-state index contributed by atoms with van der Waals surface area (Å²) >= 11 is 0. The van der Waals surface area contributed by atoms with Crippen molar-refractivity contribution in [1.29, 1.82) is 0 Å². The van der Waals surface area contributed by atoms with Gasteiger partial charge in [0.15, 0.2) is 0 Å². The second kappa shape index (κ2) is 5.67. The molecule has 0 bridgehead atoms. The maximum atomic E-state index is 14.1. The van der Waals surface area contributed by atoms with Gasteiger partial charge in [-0.2, -0.15) is 0 Å². The molecule has 1 fully saturated rings. The highest BCUT2D eigenvalue weighted by Gasteiger charge is 2.24. The van der Waals surface area contributed by atoms with Crippen LogP contribution in [-0.2, 0) is 4.74 Å². The molecule has 2 atom stereocenters. The van der Waals surface area contributed by atoms with E-state index in [-0.39, 0.29) is 18.0 Å². The molecule has 3 nitrogen and oxygen atoms in total. The van der Waals surface area contributed by atoms with E-state index in [1.54, 1.807) is 13.2 Å². The Balaban J connectivity index is 2.31. The number of nitrogens with two attached hydrogens (primary N) is 1. The standard InChI is InChI=1S/C14H21FN2O/c1-10(16)12-6-3-7-13(15)14(12)17-8-4-5-11(9-17)18-2/h3,6-7,10-11H,4-5,8-9,16H2,1-2H3. The summed E-state index contributed by atoms with van der Waals surface area (Å²) in [7, 11) is 1.71. The number of para-hydroxylation sites is 1. The van der Waals surface area contributed by atoms with Crippen molar-refractivity contribution in [2.24, 2.45) is 5.73 Å². The number of piperidine rings is 1. The summed E-state index contributed by atoms with van der Waals surface area (Å²) in [6.45, 7) is 3.48. The van der Waals surface area contributed by atoms with Crippen molar-refractivity contribution in [3.8, 4) is 0 Å². The van der Waals surface area contributed by atoms with Gasteiger partial charge in [-0.1, -0.05) is 12.1 Å². The van der Waals surface area contributed by atoms with Crippen molar-refractivity contribution in [2.75, 3.05) is 25.1 Å². The smallest absolute Gasteiger partial charge is 0.146 e. The number of ether oxygens (including phenoxy) is 1. The van der Waals surface area contributed by atoms with E-state index in [2.05, 4.69) is 4.90 Å². The van der Waals surface area contributed by atoms with E-state index in [9.17, 15) is 4.39 Å². The fourth-order valence-electron chi connectivity index (χ4n) is 2.57. The largest absolute Gasteiger partial charge is 0.380 e. The van der Waals surface area contributed by atoms with Gasteiger partial charge in [0.1, 0.15) is 5.82 Å². The molecule has 2 rings (SSSR count). The van der Waals surface area contributed by atoms with Crippen LogP contribution in [0.3, 0.4) is 0 Å². The number of halogens is 1. The van der Waals surface area contributed by atoms with Crippen molar-refractivity contribution in [2.45, 2.75) is 31.9 Å². The SMILES string of the molecule is COC1CCCN(c2c(F)cccc2C(C)N)C1. The number of anilines is 1. The quantitative estimate of drug-likeness (QED) is 0.898. The monoisotopic (exact) mass is 252 g/mol. The fraction of sp³-hybridized carbons (Fsp3) is 0.571. The topological polar surface area (TPSA) is 38.5 Å². The number of nitrogens with zero attached hydrogens (tertiary/aromatic N) is 1. The Morgan fingerprint density at radius 1 is 1.50 bits per heavy atom. The maximum Gasteiger partial charge on any atom is 0.146 e. The number of rotatable bonds is 3. The highest BCUT2D eigenvalue weighted by Crippen LogP contribution is 2.30. The first-order valence-electron chi connectivity index (χ1n) is 6.45. The van der Waals surface area contributed by atoms with Gasteiger partial charge in [-0.15, -0.1) is 0 Å². The minimum absolute atomic E-state index is 0.168. The Kier molecular flexibility index (Phi) is 4.19. The van der Waals surface area contributed by atoms with Crippen LogP contribution < -0.4 is 10.6 Å². The summed E-state index contributed by atoms with van der Waals surface area (Å²) in [6, 6.07) is 4.95. The minimum atomic E-state index is -0.193. The van der Waals surface area contributed by atoms with Crippen LogP contribution in [0.2, 0.25) is 0 Å². The number of hydrogen-bond donors (Lipinski definition) is 1. The molecule has 1 aromatic carbocycles. The number of benzene rings is 1. The molecular formula is C14H21FN2O. The van der Waals surface area contributed by atoms with E-state index in [1.807, 2.05) is 13.0 Å². The summed E-state index contributed by atoms with van der Waals surface area (Å²) in [5, 5.41) is 0. The van der Waals surface area contributed by atoms with Gasteiger partial charge < -0.3 is 15.4 Å². The van der Waals surface area contributed by atoms with E-state index in [1.165, 1.54) is 6.07 Å². The van der Waals surface area contributed by atoms with Gasteiger partial charge in [0.05, 0.1) is 11.8 Å². The molecule has 0 amide bonds. The predicted octanol–water partition coefficient (Wildman–Crippen LogP) is 2.46.